The second kappa shape index (κ2) is 3.92. The molecule has 15 heavy (non-hydrogen) atoms. The van der Waals surface area contributed by atoms with Crippen molar-refractivity contribution >= 4 is 9.84 Å². The van der Waals surface area contributed by atoms with Crippen LogP contribution in [0.15, 0.2) is 29.2 Å². The van der Waals surface area contributed by atoms with Crippen molar-refractivity contribution in [3.63, 3.8) is 0 Å². The molecule has 1 aromatic carbocycles. The first kappa shape index (κ1) is 10.6. The molecule has 5 heteroatoms. The highest BCUT2D eigenvalue weighted by Gasteiger charge is 2.29. The highest BCUT2D eigenvalue weighted by Crippen LogP contribution is 2.31. The largest absolute Gasteiger partial charge is 0.305 e. The van der Waals surface area contributed by atoms with E-state index in [9.17, 15) is 8.42 Å². The number of hydrogen-bond acceptors (Lipinski definition) is 4. The van der Waals surface area contributed by atoms with Gasteiger partial charge in [0.25, 0.3) is 0 Å². The maximum absolute atomic E-state index is 11.8. The molecule has 4 nitrogen and oxygen atoms in total. The van der Waals surface area contributed by atoms with Gasteiger partial charge in [-0.3, -0.25) is 0 Å². The van der Waals surface area contributed by atoms with E-state index < -0.39 is 9.84 Å². The van der Waals surface area contributed by atoms with Crippen molar-refractivity contribution in [1.82, 2.24) is 5.48 Å². The molecule has 0 radical (unpaired) electrons. The Morgan fingerprint density at radius 2 is 2.13 bits per heavy atom. The quantitative estimate of drug-likeness (QED) is 0.767. The molecule has 0 bridgehead atoms. The van der Waals surface area contributed by atoms with Crippen LogP contribution in [0.3, 0.4) is 0 Å². The van der Waals surface area contributed by atoms with Crippen molar-refractivity contribution in [2.24, 2.45) is 0 Å². The Hall–Kier alpha value is -0.910. The first-order valence-electron chi connectivity index (χ1n) is 4.75. The molecule has 82 valence electrons. The lowest BCUT2D eigenvalue weighted by atomic mass is 10.1. The van der Waals surface area contributed by atoms with E-state index in [1.807, 2.05) is 12.1 Å². The van der Waals surface area contributed by atoms with Crippen molar-refractivity contribution < 1.29 is 13.3 Å². The van der Waals surface area contributed by atoms with Gasteiger partial charge in [0.1, 0.15) is 0 Å². The first-order valence-corrected chi connectivity index (χ1v) is 6.40. The van der Waals surface area contributed by atoms with Gasteiger partial charge in [0.05, 0.1) is 23.8 Å². The number of fused-ring (bicyclic) bond motifs is 1. The fraction of sp³-hybridized carbons (Fsp3) is 0.400. The summed E-state index contributed by atoms with van der Waals surface area (Å²) in [7, 11) is -1.56. The summed E-state index contributed by atoms with van der Waals surface area (Å²) in [6.07, 6.45) is 0.549. The third kappa shape index (κ3) is 1.90. The smallest absolute Gasteiger partial charge is 0.178 e. The number of sulfone groups is 1. The predicted octanol–water partition coefficient (Wildman–Crippen LogP) is 1.06. The molecular weight excluding hydrogens is 214 g/mol. The number of rotatable bonds is 2. The number of hydroxylamine groups is 1. The molecule has 0 spiro atoms. The van der Waals surface area contributed by atoms with Crippen LogP contribution in [-0.2, 0) is 14.7 Å². The number of benzene rings is 1. The molecular formula is C10H13NO3S. The van der Waals surface area contributed by atoms with Crippen molar-refractivity contribution in [2.75, 3.05) is 12.9 Å². The molecule has 0 amide bonds. The second-order valence-corrected chi connectivity index (χ2v) is 5.60. The minimum atomic E-state index is -3.09. The van der Waals surface area contributed by atoms with Crippen LogP contribution in [0.4, 0.5) is 0 Å². The molecule has 0 saturated carbocycles. The fourth-order valence-electron chi connectivity index (χ4n) is 1.85. The van der Waals surface area contributed by atoms with Crippen LogP contribution in [-0.4, -0.2) is 21.3 Å². The van der Waals surface area contributed by atoms with E-state index in [-0.39, 0.29) is 11.8 Å². The molecule has 1 atom stereocenters. The average molecular weight is 227 g/mol. The molecule has 1 aliphatic rings. The van der Waals surface area contributed by atoms with Crippen LogP contribution >= 0.6 is 0 Å². The van der Waals surface area contributed by atoms with Gasteiger partial charge in [0, 0.05) is 0 Å². The molecule has 1 aromatic rings. The van der Waals surface area contributed by atoms with Gasteiger partial charge in [-0.2, -0.15) is 5.48 Å². The van der Waals surface area contributed by atoms with Gasteiger partial charge in [-0.1, -0.05) is 18.2 Å². The Morgan fingerprint density at radius 1 is 1.40 bits per heavy atom. The third-order valence-corrected chi connectivity index (χ3v) is 4.38. The minimum absolute atomic E-state index is 0.0327. The third-order valence-electron chi connectivity index (χ3n) is 2.56. The summed E-state index contributed by atoms with van der Waals surface area (Å²) in [5.41, 5.74) is 3.61. The van der Waals surface area contributed by atoms with Gasteiger partial charge in [0.15, 0.2) is 9.84 Å². The topological polar surface area (TPSA) is 55.4 Å². The fourth-order valence-corrected chi connectivity index (χ4v) is 3.48. The number of nitrogens with one attached hydrogen (secondary N) is 1. The molecule has 1 heterocycles. The molecule has 1 aliphatic heterocycles. The summed E-state index contributed by atoms with van der Waals surface area (Å²) in [6.45, 7) is 0. The van der Waals surface area contributed by atoms with E-state index in [0.29, 0.717) is 11.3 Å². The van der Waals surface area contributed by atoms with Gasteiger partial charge in [-0.05, 0) is 18.1 Å². The van der Waals surface area contributed by atoms with Crippen molar-refractivity contribution in [3.05, 3.63) is 29.8 Å². The van der Waals surface area contributed by atoms with Gasteiger partial charge in [0.2, 0.25) is 0 Å². The Kier molecular flexibility index (Phi) is 2.77. The zero-order valence-electron chi connectivity index (χ0n) is 8.43. The van der Waals surface area contributed by atoms with Crippen LogP contribution in [0.5, 0.6) is 0 Å². The van der Waals surface area contributed by atoms with Gasteiger partial charge < -0.3 is 4.84 Å². The standard InChI is InChI=1S/C10H13NO3S/c1-14-11-9-6-7-15(12,13)10-5-3-2-4-8(9)10/h2-5,9,11H,6-7H2,1H3. The Labute approximate surface area is 89.1 Å². The van der Waals surface area contributed by atoms with Crippen molar-refractivity contribution in [3.8, 4) is 0 Å². The monoisotopic (exact) mass is 227 g/mol. The lowest BCUT2D eigenvalue weighted by Gasteiger charge is -2.25. The highest BCUT2D eigenvalue weighted by atomic mass is 32.2. The molecule has 1 N–H and O–H groups in total. The summed E-state index contributed by atoms with van der Waals surface area (Å²) in [5, 5.41) is 0. The molecule has 0 saturated heterocycles. The lowest BCUT2D eigenvalue weighted by molar-refractivity contribution is 0.0580. The molecule has 1 unspecified atom stereocenters. The predicted molar refractivity (Wildman–Crippen MR) is 56.0 cm³/mol. The maximum Gasteiger partial charge on any atom is 0.178 e. The van der Waals surface area contributed by atoms with E-state index in [1.165, 1.54) is 7.11 Å². The summed E-state index contributed by atoms with van der Waals surface area (Å²) < 4.78 is 23.5. The minimum Gasteiger partial charge on any atom is -0.305 e. The van der Waals surface area contributed by atoms with Gasteiger partial charge in [-0.15, -0.1) is 0 Å². The first-order chi connectivity index (χ1) is 7.15. The van der Waals surface area contributed by atoms with Crippen molar-refractivity contribution in [2.45, 2.75) is 17.4 Å². The van der Waals surface area contributed by atoms with Crippen molar-refractivity contribution in [1.29, 1.82) is 0 Å². The SMILES string of the molecule is CONC1CCS(=O)(=O)c2ccccc21. The molecule has 0 fully saturated rings. The van der Waals surface area contributed by atoms with Crippen LogP contribution < -0.4 is 5.48 Å². The molecule has 0 aromatic heterocycles. The van der Waals surface area contributed by atoms with Gasteiger partial charge >= 0.3 is 0 Å². The van der Waals surface area contributed by atoms with Crippen LogP contribution in [0.1, 0.15) is 18.0 Å². The summed E-state index contributed by atoms with van der Waals surface area (Å²) >= 11 is 0. The number of hydrogen-bond donors (Lipinski definition) is 1. The average Bonchev–Trinajstić information content (AvgIpc) is 2.23. The summed E-state index contributed by atoms with van der Waals surface area (Å²) in [5.74, 6) is 0.172. The Bertz CT molecular complexity index is 455. The van der Waals surface area contributed by atoms with E-state index in [1.54, 1.807) is 12.1 Å². The van der Waals surface area contributed by atoms with Crippen LogP contribution in [0, 0.1) is 0 Å². The summed E-state index contributed by atoms with van der Waals surface area (Å²) in [6, 6.07) is 7.02. The Balaban J connectivity index is 2.49. The van der Waals surface area contributed by atoms with Crippen LogP contribution in [0.2, 0.25) is 0 Å². The zero-order chi connectivity index (χ0) is 10.9. The van der Waals surface area contributed by atoms with E-state index in [2.05, 4.69) is 5.48 Å². The normalized spacial score (nSPS) is 23.4. The zero-order valence-corrected chi connectivity index (χ0v) is 9.25. The highest BCUT2D eigenvalue weighted by molar-refractivity contribution is 7.91. The van der Waals surface area contributed by atoms with E-state index in [0.717, 1.165) is 5.56 Å². The van der Waals surface area contributed by atoms with E-state index in [4.69, 9.17) is 4.84 Å². The second-order valence-electron chi connectivity index (χ2n) is 3.52. The summed E-state index contributed by atoms with van der Waals surface area (Å²) in [4.78, 5) is 5.28. The van der Waals surface area contributed by atoms with Crippen LogP contribution in [0.25, 0.3) is 0 Å². The van der Waals surface area contributed by atoms with Gasteiger partial charge in [-0.25, -0.2) is 8.42 Å². The van der Waals surface area contributed by atoms with E-state index >= 15 is 0 Å². The molecule has 2 rings (SSSR count). The lowest BCUT2D eigenvalue weighted by Crippen LogP contribution is -2.29. The molecule has 0 aliphatic carbocycles. The maximum atomic E-state index is 11.8. The Morgan fingerprint density at radius 3 is 2.87 bits per heavy atom.